The second-order valence-corrected chi connectivity index (χ2v) is 4.55. The summed E-state index contributed by atoms with van der Waals surface area (Å²) in [6.07, 6.45) is 0.556. The van der Waals surface area contributed by atoms with E-state index in [2.05, 4.69) is 4.73 Å². The van der Waals surface area contributed by atoms with Gasteiger partial charge in [-0.3, -0.25) is 4.57 Å². The van der Waals surface area contributed by atoms with Crippen LogP contribution < -0.4 is 0 Å². The van der Waals surface area contributed by atoms with E-state index in [1.54, 1.807) is 13.8 Å². The Labute approximate surface area is 48.4 Å². The molecule has 0 aliphatic carbocycles. The van der Waals surface area contributed by atoms with Crippen molar-refractivity contribution in [3.63, 3.8) is 0 Å². The zero-order valence-electron chi connectivity index (χ0n) is 5.06. The van der Waals surface area contributed by atoms with E-state index in [1.165, 1.54) is 0 Å². The Balaban J connectivity index is 3.79. The topological polar surface area (TPSA) is 26.3 Å². The Kier molecular flexibility index (Phi) is 3.25. The maximum atomic E-state index is 11.3. The summed E-state index contributed by atoms with van der Waals surface area (Å²) >= 11 is 0. The highest BCUT2D eigenvalue weighted by Gasteiger charge is 2.17. The lowest BCUT2D eigenvalue weighted by atomic mass is 11.0. The Morgan fingerprint density at radius 3 is 1.88 bits per heavy atom. The lowest BCUT2D eigenvalue weighted by molar-refractivity contribution is -0.00225. The van der Waals surface area contributed by atoms with E-state index in [9.17, 15) is 9.09 Å². The molecule has 0 unspecified atom stereocenters. The molecule has 0 spiro atoms. The number of hydrogen-bond donors (Lipinski definition) is 0. The molecule has 0 aromatic carbocycles. The number of rotatable bonds is 3. The summed E-state index contributed by atoms with van der Waals surface area (Å²) in [4.78, 5) is 0. The van der Waals surface area contributed by atoms with Gasteiger partial charge in [-0.2, -0.15) is 0 Å². The zero-order chi connectivity index (χ0) is 6.62. The fourth-order valence-electron chi connectivity index (χ4n) is 0.321. The van der Waals surface area contributed by atoms with Gasteiger partial charge in [0.05, 0.1) is 0 Å². The van der Waals surface area contributed by atoms with E-state index in [4.69, 9.17) is 0 Å². The third-order valence-corrected chi connectivity index (χ3v) is 3.27. The van der Waals surface area contributed by atoms with Gasteiger partial charge in [-0.15, -0.1) is 4.73 Å². The predicted octanol–water partition coefficient (Wildman–Crippen LogP) is 2.21. The molecule has 0 saturated carbocycles. The highest BCUT2D eigenvalue weighted by atomic mass is 31.2. The van der Waals surface area contributed by atoms with E-state index in [-0.39, 0.29) is 12.3 Å². The molecule has 0 N–H and O–H groups in total. The summed E-state index contributed by atoms with van der Waals surface area (Å²) in [5, 5.41) is 0. The molecule has 0 bridgehead atoms. The molecule has 0 heterocycles. The van der Waals surface area contributed by atoms with E-state index in [1.807, 2.05) is 0 Å². The highest BCUT2D eigenvalue weighted by Crippen LogP contribution is 2.45. The minimum absolute atomic E-state index is 0.278. The molecule has 0 rings (SSSR count). The summed E-state index contributed by atoms with van der Waals surface area (Å²) in [5.41, 5.74) is 0. The van der Waals surface area contributed by atoms with Gasteiger partial charge < -0.3 is 0 Å². The van der Waals surface area contributed by atoms with Crippen LogP contribution in [0.2, 0.25) is 0 Å². The summed E-state index contributed by atoms with van der Waals surface area (Å²) in [6, 6.07) is 0. The van der Waals surface area contributed by atoms with Crippen molar-refractivity contribution in [1.82, 2.24) is 0 Å². The van der Waals surface area contributed by atoms with Crippen molar-refractivity contribution < 1.29 is 13.8 Å². The van der Waals surface area contributed by atoms with Crippen molar-refractivity contribution in [2.75, 3.05) is 12.3 Å². The van der Waals surface area contributed by atoms with Gasteiger partial charge >= 0.3 is 0 Å². The lowest BCUT2D eigenvalue weighted by Gasteiger charge is -2.04. The molecule has 0 atom stereocenters. The molecule has 0 saturated heterocycles. The predicted molar refractivity (Wildman–Crippen MR) is 30.9 cm³/mol. The third kappa shape index (κ3) is 1.93. The van der Waals surface area contributed by atoms with Crippen LogP contribution in [0.3, 0.4) is 0 Å². The number of halogens is 1. The van der Waals surface area contributed by atoms with Crippen molar-refractivity contribution in [2.45, 2.75) is 13.8 Å². The van der Waals surface area contributed by atoms with Crippen LogP contribution in [0.25, 0.3) is 0 Å². The Hall–Kier alpha value is 0.120. The Morgan fingerprint density at radius 2 is 1.88 bits per heavy atom. The summed E-state index contributed by atoms with van der Waals surface area (Å²) in [5.74, 6) is 0. The van der Waals surface area contributed by atoms with E-state index in [0.29, 0.717) is 0 Å². The zero-order valence-corrected chi connectivity index (χ0v) is 5.95. The quantitative estimate of drug-likeness (QED) is 0.561. The molecule has 0 aliphatic rings. The molecule has 0 fully saturated rings. The Morgan fingerprint density at radius 1 is 1.50 bits per heavy atom. The van der Waals surface area contributed by atoms with Gasteiger partial charge in [0.15, 0.2) is 0 Å². The first-order valence-corrected chi connectivity index (χ1v) is 4.56. The van der Waals surface area contributed by atoms with Gasteiger partial charge in [0, 0.05) is 12.3 Å². The monoisotopic (exact) mass is 140 g/mol. The summed E-state index contributed by atoms with van der Waals surface area (Å²) < 4.78 is 25.3. The standard InChI is InChI=1S/C4H10FO2P/c1-3-8(6,4-2)7-5/h3-4H2,1-2H3. The van der Waals surface area contributed by atoms with Crippen LogP contribution in [0.4, 0.5) is 4.53 Å². The fourth-order valence-corrected chi connectivity index (χ4v) is 0.964. The maximum Gasteiger partial charge on any atom is 0.240 e. The molecular formula is C4H10FO2P. The highest BCUT2D eigenvalue weighted by molar-refractivity contribution is 7.58. The molecule has 50 valence electrons. The largest absolute Gasteiger partial charge is 0.290 e. The van der Waals surface area contributed by atoms with Crippen LogP contribution in [0.5, 0.6) is 0 Å². The van der Waals surface area contributed by atoms with Crippen molar-refractivity contribution in [1.29, 1.82) is 0 Å². The van der Waals surface area contributed by atoms with E-state index >= 15 is 0 Å². The molecule has 0 aromatic rings. The van der Waals surface area contributed by atoms with Gasteiger partial charge in [0.1, 0.15) is 0 Å². The fraction of sp³-hybridized carbons (Fsp3) is 1.00. The van der Waals surface area contributed by atoms with Crippen LogP contribution >= 0.6 is 7.37 Å². The molecule has 4 heteroatoms. The van der Waals surface area contributed by atoms with Crippen LogP contribution in [0.1, 0.15) is 13.8 Å². The first kappa shape index (κ1) is 8.12. The van der Waals surface area contributed by atoms with Gasteiger partial charge in [-0.05, 0) is 4.53 Å². The minimum Gasteiger partial charge on any atom is -0.290 e. The maximum absolute atomic E-state index is 11.3. The first-order valence-electron chi connectivity index (χ1n) is 2.57. The van der Waals surface area contributed by atoms with Gasteiger partial charge in [0.2, 0.25) is 7.37 Å². The van der Waals surface area contributed by atoms with Gasteiger partial charge in [-0.1, -0.05) is 13.8 Å². The normalized spacial score (nSPS) is 11.9. The minimum atomic E-state index is -2.83. The molecule has 0 amide bonds. The van der Waals surface area contributed by atoms with Gasteiger partial charge in [-0.25, -0.2) is 0 Å². The van der Waals surface area contributed by atoms with Crippen LogP contribution in [0.15, 0.2) is 0 Å². The van der Waals surface area contributed by atoms with E-state index in [0.717, 1.165) is 0 Å². The number of hydrogen-bond acceptors (Lipinski definition) is 2. The molecule has 0 aromatic heterocycles. The first-order chi connectivity index (χ1) is 3.68. The average molecular weight is 140 g/mol. The second-order valence-electron chi connectivity index (χ2n) is 1.52. The SMILES string of the molecule is CCP(=O)(CC)OF. The second kappa shape index (κ2) is 3.21. The summed E-state index contributed by atoms with van der Waals surface area (Å²) in [7, 11) is -2.83. The lowest BCUT2D eigenvalue weighted by Crippen LogP contribution is -1.87. The van der Waals surface area contributed by atoms with E-state index < -0.39 is 7.37 Å². The van der Waals surface area contributed by atoms with Crippen LogP contribution in [-0.4, -0.2) is 12.3 Å². The average Bonchev–Trinajstić information content (AvgIpc) is 1.87. The molecular weight excluding hydrogens is 130 g/mol. The molecule has 0 aliphatic heterocycles. The van der Waals surface area contributed by atoms with Crippen LogP contribution in [-0.2, 0) is 9.29 Å². The summed E-state index contributed by atoms with van der Waals surface area (Å²) in [6.45, 7) is 3.29. The Bertz CT molecular complexity index is 85.2. The smallest absolute Gasteiger partial charge is 0.240 e. The van der Waals surface area contributed by atoms with Crippen LogP contribution in [0, 0.1) is 0 Å². The van der Waals surface area contributed by atoms with Gasteiger partial charge in [0.25, 0.3) is 0 Å². The van der Waals surface area contributed by atoms with Crippen molar-refractivity contribution >= 4 is 7.37 Å². The van der Waals surface area contributed by atoms with Crippen molar-refractivity contribution in [2.24, 2.45) is 0 Å². The molecule has 2 nitrogen and oxygen atoms in total. The van der Waals surface area contributed by atoms with Crippen molar-refractivity contribution in [3.8, 4) is 0 Å². The molecule has 8 heavy (non-hydrogen) atoms. The molecule has 0 radical (unpaired) electrons. The third-order valence-electron chi connectivity index (χ3n) is 1.09. The van der Waals surface area contributed by atoms with Crippen molar-refractivity contribution in [3.05, 3.63) is 0 Å².